The lowest BCUT2D eigenvalue weighted by molar-refractivity contribution is -0.141. The van der Waals surface area contributed by atoms with Gasteiger partial charge in [0.15, 0.2) is 0 Å². The van der Waals surface area contributed by atoms with Crippen LogP contribution in [0.3, 0.4) is 0 Å². The maximum atomic E-state index is 13.0. The molecule has 0 saturated carbocycles. The quantitative estimate of drug-likeness (QED) is 0.655. The summed E-state index contributed by atoms with van der Waals surface area (Å²) >= 11 is 0. The molecule has 144 valence electrons. The predicted octanol–water partition coefficient (Wildman–Crippen LogP) is 3.32. The number of methoxy groups -OCH3 is 1. The number of ether oxygens (including phenoxy) is 1. The molecule has 0 aliphatic carbocycles. The van der Waals surface area contributed by atoms with E-state index < -0.39 is 6.04 Å². The Bertz CT molecular complexity index is 704. The van der Waals surface area contributed by atoms with Crippen LogP contribution < -0.4 is 5.32 Å². The van der Waals surface area contributed by atoms with Gasteiger partial charge in [-0.2, -0.15) is 0 Å². The van der Waals surface area contributed by atoms with Gasteiger partial charge in [-0.15, -0.1) is 0 Å². The van der Waals surface area contributed by atoms with Crippen LogP contribution in [0, 0.1) is 0 Å². The number of carbonyl (C=O) groups excluding carboxylic acids is 2. The predicted molar refractivity (Wildman–Crippen MR) is 106 cm³/mol. The van der Waals surface area contributed by atoms with Crippen molar-refractivity contribution in [2.75, 3.05) is 20.3 Å². The third-order valence-electron chi connectivity index (χ3n) is 4.26. The van der Waals surface area contributed by atoms with Crippen molar-refractivity contribution < 1.29 is 14.3 Å². The van der Waals surface area contributed by atoms with Gasteiger partial charge in [0, 0.05) is 26.6 Å². The molecule has 0 saturated heterocycles. The lowest BCUT2D eigenvalue weighted by atomic mass is 10.0. The standard InChI is InChI=1S/C22H28N2O3/c1-3-10-20(25)24(17-18-11-6-4-7-12-18)21(19-13-8-5-9-14-19)22(26)23-15-16-27-2/h4-9,11-14,21H,3,10,15-17H2,1-2H3,(H,23,26). The minimum atomic E-state index is -0.678. The maximum absolute atomic E-state index is 13.0. The van der Waals surface area contributed by atoms with Crippen molar-refractivity contribution in [3.05, 3.63) is 71.8 Å². The maximum Gasteiger partial charge on any atom is 0.247 e. The van der Waals surface area contributed by atoms with E-state index in [-0.39, 0.29) is 11.8 Å². The molecule has 27 heavy (non-hydrogen) atoms. The van der Waals surface area contributed by atoms with E-state index in [1.54, 1.807) is 12.0 Å². The monoisotopic (exact) mass is 368 g/mol. The van der Waals surface area contributed by atoms with Gasteiger partial charge in [-0.05, 0) is 17.5 Å². The Hall–Kier alpha value is -2.66. The number of rotatable bonds is 10. The molecule has 0 heterocycles. The average Bonchev–Trinajstić information content (AvgIpc) is 2.69. The Morgan fingerprint density at radius 2 is 1.67 bits per heavy atom. The van der Waals surface area contributed by atoms with Gasteiger partial charge in [0.25, 0.3) is 0 Å². The lowest BCUT2D eigenvalue weighted by Gasteiger charge is -2.31. The molecule has 0 spiro atoms. The molecule has 2 rings (SSSR count). The van der Waals surface area contributed by atoms with E-state index in [4.69, 9.17) is 4.74 Å². The van der Waals surface area contributed by atoms with Crippen molar-refractivity contribution in [3.8, 4) is 0 Å². The SMILES string of the molecule is CCCC(=O)N(Cc1ccccc1)C(C(=O)NCCOC)c1ccccc1. The average molecular weight is 368 g/mol. The van der Waals surface area contributed by atoms with Crippen LogP contribution >= 0.6 is 0 Å². The highest BCUT2D eigenvalue weighted by Gasteiger charge is 2.30. The van der Waals surface area contributed by atoms with Gasteiger partial charge in [0.2, 0.25) is 11.8 Å². The van der Waals surface area contributed by atoms with Gasteiger partial charge in [-0.25, -0.2) is 0 Å². The topological polar surface area (TPSA) is 58.6 Å². The highest BCUT2D eigenvalue weighted by molar-refractivity contribution is 5.88. The Morgan fingerprint density at radius 1 is 1.04 bits per heavy atom. The first-order valence-electron chi connectivity index (χ1n) is 9.32. The van der Waals surface area contributed by atoms with Crippen molar-refractivity contribution in [2.45, 2.75) is 32.4 Å². The Labute approximate surface area is 161 Å². The fourth-order valence-corrected chi connectivity index (χ4v) is 2.94. The second-order valence-corrected chi connectivity index (χ2v) is 6.35. The highest BCUT2D eigenvalue weighted by Crippen LogP contribution is 2.24. The van der Waals surface area contributed by atoms with E-state index in [1.807, 2.05) is 67.6 Å². The van der Waals surface area contributed by atoms with Gasteiger partial charge in [0.1, 0.15) is 6.04 Å². The van der Waals surface area contributed by atoms with Crippen LogP contribution in [-0.4, -0.2) is 37.0 Å². The van der Waals surface area contributed by atoms with Crippen LogP contribution in [0.2, 0.25) is 0 Å². The smallest absolute Gasteiger partial charge is 0.247 e. The number of hydrogen-bond donors (Lipinski definition) is 1. The first kappa shape index (κ1) is 20.6. The molecule has 5 nitrogen and oxygen atoms in total. The van der Waals surface area contributed by atoms with E-state index in [9.17, 15) is 9.59 Å². The largest absolute Gasteiger partial charge is 0.383 e. The van der Waals surface area contributed by atoms with Crippen LogP contribution in [-0.2, 0) is 20.9 Å². The zero-order valence-corrected chi connectivity index (χ0v) is 16.1. The molecule has 1 unspecified atom stereocenters. The normalized spacial score (nSPS) is 11.6. The molecule has 0 radical (unpaired) electrons. The molecule has 1 N–H and O–H groups in total. The summed E-state index contributed by atoms with van der Waals surface area (Å²) in [7, 11) is 1.59. The fraction of sp³-hybridized carbons (Fsp3) is 0.364. The first-order valence-corrected chi connectivity index (χ1v) is 9.32. The van der Waals surface area contributed by atoms with Crippen LogP contribution in [0.4, 0.5) is 0 Å². The summed E-state index contributed by atoms with van der Waals surface area (Å²) in [6.45, 7) is 3.18. The summed E-state index contributed by atoms with van der Waals surface area (Å²) in [6, 6.07) is 18.5. The fourth-order valence-electron chi connectivity index (χ4n) is 2.94. The molecule has 2 aromatic carbocycles. The molecule has 2 amide bonds. The summed E-state index contributed by atoms with van der Waals surface area (Å²) in [5, 5.41) is 2.89. The van der Waals surface area contributed by atoms with Crippen LogP contribution in [0.5, 0.6) is 0 Å². The van der Waals surface area contributed by atoms with Gasteiger partial charge in [0.05, 0.1) is 6.61 Å². The summed E-state index contributed by atoms with van der Waals surface area (Å²) in [6.07, 6.45) is 1.14. The summed E-state index contributed by atoms with van der Waals surface area (Å²) in [5.74, 6) is -0.226. The van der Waals surface area contributed by atoms with Gasteiger partial charge in [-0.1, -0.05) is 67.6 Å². The van der Waals surface area contributed by atoms with E-state index in [0.29, 0.717) is 26.1 Å². The Balaban J connectivity index is 2.35. The summed E-state index contributed by atoms with van der Waals surface area (Å²) in [4.78, 5) is 27.6. The van der Waals surface area contributed by atoms with E-state index in [0.717, 1.165) is 17.5 Å². The third kappa shape index (κ3) is 6.22. The van der Waals surface area contributed by atoms with E-state index >= 15 is 0 Å². The Kier molecular flexibility index (Phi) is 8.52. The Morgan fingerprint density at radius 3 is 2.26 bits per heavy atom. The van der Waals surface area contributed by atoms with Crippen molar-refractivity contribution in [3.63, 3.8) is 0 Å². The third-order valence-corrected chi connectivity index (χ3v) is 4.26. The molecule has 0 aliphatic heterocycles. The van der Waals surface area contributed by atoms with Crippen LogP contribution in [0.15, 0.2) is 60.7 Å². The number of nitrogens with zero attached hydrogens (tertiary/aromatic N) is 1. The summed E-state index contributed by atoms with van der Waals surface area (Å²) < 4.78 is 5.02. The number of amides is 2. The van der Waals surface area contributed by atoms with Crippen molar-refractivity contribution in [2.24, 2.45) is 0 Å². The molecular weight excluding hydrogens is 340 g/mol. The number of carbonyl (C=O) groups is 2. The van der Waals surface area contributed by atoms with Crippen molar-refractivity contribution >= 4 is 11.8 Å². The zero-order valence-electron chi connectivity index (χ0n) is 16.1. The molecule has 0 fully saturated rings. The van der Waals surface area contributed by atoms with Gasteiger partial charge >= 0.3 is 0 Å². The molecule has 5 heteroatoms. The number of nitrogens with one attached hydrogen (secondary N) is 1. The van der Waals surface area contributed by atoms with E-state index in [2.05, 4.69) is 5.32 Å². The minimum Gasteiger partial charge on any atom is -0.383 e. The molecule has 0 aliphatic rings. The summed E-state index contributed by atoms with van der Waals surface area (Å²) in [5.41, 5.74) is 1.79. The number of hydrogen-bond acceptors (Lipinski definition) is 3. The van der Waals surface area contributed by atoms with Crippen LogP contribution in [0.25, 0.3) is 0 Å². The minimum absolute atomic E-state index is 0.0305. The van der Waals surface area contributed by atoms with Crippen molar-refractivity contribution in [1.82, 2.24) is 10.2 Å². The first-order chi connectivity index (χ1) is 13.2. The van der Waals surface area contributed by atoms with Gasteiger partial charge < -0.3 is 15.0 Å². The molecule has 1 atom stereocenters. The molecular formula is C22H28N2O3. The molecule has 0 bridgehead atoms. The zero-order chi connectivity index (χ0) is 19.5. The molecule has 2 aromatic rings. The van der Waals surface area contributed by atoms with Crippen LogP contribution in [0.1, 0.15) is 36.9 Å². The second kappa shape index (κ2) is 11.1. The van der Waals surface area contributed by atoms with Gasteiger partial charge in [-0.3, -0.25) is 9.59 Å². The lowest BCUT2D eigenvalue weighted by Crippen LogP contribution is -2.44. The highest BCUT2D eigenvalue weighted by atomic mass is 16.5. The van der Waals surface area contributed by atoms with Crippen molar-refractivity contribution in [1.29, 1.82) is 0 Å². The second-order valence-electron chi connectivity index (χ2n) is 6.35. The number of benzene rings is 2. The van der Waals surface area contributed by atoms with E-state index in [1.165, 1.54) is 0 Å². The molecule has 0 aromatic heterocycles.